The zero-order valence-electron chi connectivity index (χ0n) is 13.5. The van der Waals surface area contributed by atoms with Gasteiger partial charge in [0.05, 0.1) is 13.7 Å². The summed E-state index contributed by atoms with van der Waals surface area (Å²) < 4.78 is 39.0. The first-order chi connectivity index (χ1) is 12.0. The number of hydrogen-bond donors (Lipinski definition) is 0. The van der Waals surface area contributed by atoms with E-state index in [-0.39, 0.29) is 36.0 Å². The third-order valence-electron chi connectivity index (χ3n) is 4.01. The Labute approximate surface area is 148 Å². The molecular weight excluding hydrogens is 352 g/mol. The summed E-state index contributed by atoms with van der Waals surface area (Å²) >= 11 is 5.66. The zero-order chi connectivity index (χ0) is 18.0. The minimum Gasteiger partial charge on any atom is -0.497 e. The number of halogens is 3. The van der Waals surface area contributed by atoms with E-state index in [0.717, 1.165) is 12.1 Å². The maximum absolute atomic E-state index is 14.1. The highest BCUT2D eigenvalue weighted by Gasteiger charge is 2.31. The molecule has 0 unspecified atom stereocenters. The fourth-order valence-electron chi connectivity index (χ4n) is 2.76. The van der Waals surface area contributed by atoms with Gasteiger partial charge in [-0.2, -0.15) is 0 Å². The molecule has 1 aliphatic rings. The molecule has 2 aromatic carbocycles. The number of rotatable bonds is 4. The molecule has 3 rings (SSSR count). The molecule has 1 heterocycles. The molecule has 1 atom stereocenters. The van der Waals surface area contributed by atoms with E-state index in [1.54, 1.807) is 31.4 Å². The SMILES string of the molecule is COc1ccc(O[C@@H]2CN(c3c(F)cc(Cl)cc3F)CCC2=O)cc1. The number of nitrogens with zero attached hydrogens (tertiary/aromatic N) is 1. The van der Waals surface area contributed by atoms with E-state index in [1.807, 2.05) is 0 Å². The molecule has 1 saturated heterocycles. The van der Waals surface area contributed by atoms with Gasteiger partial charge in [0.2, 0.25) is 0 Å². The third-order valence-corrected chi connectivity index (χ3v) is 4.23. The van der Waals surface area contributed by atoms with Crippen LogP contribution in [0.3, 0.4) is 0 Å². The molecule has 0 bridgehead atoms. The number of anilines is 1. The summed E-state index contributed by atoms with van der Waals surface area (Å²) in [6.45, 7) is 0.275. The van der Waals surface area contributed by atoms with Gasteiger partial charge in [0.1, 0.15) is 17.2 Å². The molecule has 0 N–H and O–H groups in total. The van der Waals surface area contributed by atoms with Crippen molar-refractivity contribution in [2.75, 3.05) is 25.1 Å². The topological polar surface area (TPSA) is 38.8 Å². The van der Waals surface area contributed by atoms with Gasteiger partial charge in [-0.25, -0.2) is 8.78 Å². The lowest BCUT2D eigenvalue weighted by Gasteiger charge is -2.33. The molecule has 7 heteroatoms. The predicted molar refractivity (Wildman–Crippen MR) is 90.6 cm³/mol. The predicted octanol–water partition coefficient (Wildman–Crippen LogP) is 3.85. The van der Waals surface area contributed by atoms with Crippen molar-refractivity contribution in [3.05, 3.63) is 53.1 Å². The first-order valence-corrected chi connectivity index (χ1v) is 8.08. The third kappa shape index (κ3) is 3.85. The quantitative estimate of drug-likeness (QED) is 0.822. The molecule has 4 nitrogen and oxygen atoms in total. The number of ketones is 1. The van der Waals surface area contributed by atoms with Crippen LogP contribution < -0.4 is 14.4 Å². The minimum absolute atomic E-state index is 0.0159. The summed E-state index contributed by atoms with van der Waals surface area (Å²) in [7, 11) is 1.55. The lowest BCUT2D eigenvalue weighted by atomic mass is 10.1. The van der Waals surface area contributed by atoms with E-state index in [9.17, 15) is 13.6 Å². The van der Waals surface area contributed by atoms with Crippen LogP contribution in [-0.4, -0.2) is 32.1 Å². The van der Waals surface area contributed by atoms with Crippen LogP contribution in [-0.2, 0) is 4.79 Å². The summed E-state index contributed by atoms with van der Waals surface area (Å²) in [4.78, 5) is 13.6. The second-order valence-corrected chi connectivity index (χ2v) is 6.10. The zero-order valence-corrected chi connectivity index (χ0v) is 14.2. The molecule has 0 spiro atoms. The molecule has 0 saturated carbocycles. The monoisotopic (exact) mass is 367 g/mol. The molecule has 25 heavy (non-hydrogen) atoms. The van der Waals surface area contributed by atoms with Crippen molar-refractivity contribution in [2.45, 2.75) is 12.5 Å². The Bertz CT molecular complexity index is 759. The first-order valence-electron chi connectivity index (χ1n) is 7.71. The van der Waals surface area contributed by atoms with Crippen LogP contribution in [0.5, 0.6) is 11.5 Å². The van der Waals surface area contributed by atoms with Crippen molar-refractivity contribution in [3.8, 4) is 11.5 Å². The van der Waals surface area contributed by atoms with Gasteiger partial charge >= 0.3 is 0 Å². The van der Waals surface area contributed by atoms with E-state index in [2.05, 4.69) is 0 Å². The van der Waals surface area contributed by atoms with Gasteiger partial charge in [0.25, 0.3) is 0 Å². The lowest BCUT2D eigenvalue weighted by Crippen LogP contribution is -2.47. The van der Waals surface area contributed by atoms with Crippen molar-refractivity contribution in [3.63, 3.8) is 0 Å². The van der Waals surface area contributed by atoms with Gasteiger partial charge in [-0.1, -0.05) is 11.6 Å². The van der Waals surface area contributed by atoms with Gasteiger partial charge in [-0.15, -0.1) is 0 Å². The Balaban J connectivity index is 1.78. The van der Waals surface area contributed by atoms with Crippen molar-refractivity contribution in [1.82, 2.24) is 0 Å². The highest BCUT2D eigenvalue weighted by Crippen LogP contribution is 2.29. The van der Waals surface area contributed by atoms with E-state index < -0.39 is 17.7 Å². The van der Waals surface area contributed by atoms with Gasteiger partial charge in [0, 0.05) is 18.0 Å². The summed E-state index contributed by atoms with van der Waals surface area (Å²) in [6.07, 6.45) is -0.667. The number of carbonyl (C=O) groups is 1. The van der Waals surface area contributed by atoms with Gasteiger partial charge in [0.15, 0.2) is 23.5 Å². The van der Waals surface area contributed by atoms with Crippen LogP contribution in [0.25, 0.3) is 0 Å². The van der Waals surface area contributed by atoms with Crippen LogP contribution in [0.2, 0.25) is 5.02 Å². The van der Waals surface area contributed by atoms with E-state index >= 15 is 0 Å². The van der Waals surface area contributed by atoms with E-state index in [1.165, 1.54) is 4.90 Å². The van der Waals surface area contributed by atoms with Crippen LogP contribution in [0.4, 0.5) is 14.5 Å². The Morgan fingerprint density at radius 3 is 2.32 bits per heavy atom. The molecule has 0 radical (unpaired) electrons. The fourth-order valence-corrected chi connectivity index (χ4v) is 2.95. The fraction of sp³-hybridized carbons (Fsp3) is 0.278. The molecule has 1 fully saturated rings. The van der Waals surface area contributed by atoms with E-state index in [4.69, 9.17) is 21.1 Å². The normalized spacial score (nSPS) is 17.5. The lowest BCUT2D eigenvalue weighted by molar-refractivity contribution is -0.126. The van der Waals surface area contributed by atoms with Crippen LogP contribution in [0.1, 0.15) is 6.42 Å². The number of ether oxygens (including phenoxy) is 2. The summed E-state index contributed by atoms with van der Waals surface area (Å²) in [5, 5.41) is -0.0159. The molecule has 1 aliphatic heterocycles. The average molecular weight is 368 g/mol. The first kappa shape index (κ1) is 17.5. The average Bonchev–Trinajstić information content (AvgIpc) is 2.57. The van der Waals surface area contributed by atoms with Crippen molar-refractivity contribution < 1.29 is 23.0 Å². The van der Waals surface area contributed by atoms with Gasteiger partial charge < -0.3 is 14.4 Å². The summed E-state index contributed by atoms with van der Waals surface area (Å²) in [5.74, 6) is -0.487. The number of Topliss-reactive ketones (excluding diaryl/α,β-unsaturated/α-hetero) is 1. The molecule has 132 valence electrons. The van der Waals surface area contributed by atoms with Crippen molar-refractivity contribution in [2.24, 2.45) is 0 Å². The largest absolute Gasteiger partial charge is 0.497 e. The molecule has 0 amide bonds. The van der Waals surface area contributed by atoms with Gasteiger partial charge in [-0.3, -0.25) is 4.79 Å². The minimum atomic E-state index is -0.809. The second-order valence-electron chi connectivity index (χ2n) is 5.66. The van der Waals surface area contributed by atoms with Crippen molar-refractivity contribution >= 4 is 23.1 Å². The number of methoxy groups -OCH3 is 1. The Morgan fingerprint density at radius 1 is 1.12 bits per heavy atom. The number of piperidine rings is 1. The van der Waals surface area contributed by atoms with Crippen LogP contribution in [0, 0.1) is 11.6 Å². The maximum atomic E-state index is 14.1. The molecule has 0 aromatic heterocycles. The van der Waals surface area contributed by atoms with Crippen LogP contribution in [0.15, 0.2) is 36.4 Å². The smallest absolute Gasteiger partial charge is 0.176 e. The highest BCUT2D eigenvalue weighted by molar-refractivity contribution is 6.30. The summed E-state index contributed by atoms with van der Waals surface area (Å²) in [6, 6.07) is 8.87. The number of benzene rings is 2. The Kier molecular flexibility index (Phi) is 5.08. The van der Waals surface area contributed by atoms with Crippen molar-refractivity contribution in [1.29, 1.82) is 0 Å². The standard InChI is InChI=1S/C18H16ClF2NO3/c1-24-12-2-4-13(5-3-12)25-17-10-22(7-6-16(17)23)18-14(20)8-11(19)9-15(18)21/h2-5,8-9,17H,6-7,10H2,1H3/t17-/m1/s1. The molecule has 2 aromatic rings. The van der Waals surface area contributed by atoms with E-state index in [0.29, 0.717) is 11.5 Å². The molecular formula is C18H16ClF2NO3. The Hall–Kier alpha value is -2.34. The molecule has 0 aliphatic carbocycles. The number of hydrogen-bond acceptors (Lipinski definition) is 4. The number of carbonyl (C=O) groups excluding carboxylic acids is 1. The summed E-state index contributed by atoms with van der Waals surface area (Å²) in [5.41, 5.74) is -0.194. The van der Waals surface area contributed by atoms with Gasteiger partial charge in [-0.05, 0) is 36.4 Å². The maximum Gasteiger partial charge on any atom is 0.176 e. The Morgan fingerprint density at radius 2 is 1.72 bits per heavy atom. The second kappa shape index (κ2) is 7.27. The van der Waals surface area contributed by atoms with Crippen LogP contribution >= 0.6 is 11.6 Å². The highest BCUT2D eigenvalue weighted by atomic mass is 35.5.